The fourth-order valence-electron chi connectivity index (χ4n) is 3.32. The zero-order valence-corrected chi connectivity index (χ0v) is 15.8. The van der Waals surface area contributed by atoms with E-state index in [4.69, 9.17) is 4.52 Å². The largest absolute Gasteiger partial charge is 0.444 e. The molecule has 0 fully saturated rings. The number of rotatable bonds is 9. The Morgan fingerprint density at radius 3 is 2.30 bits per heavy atom. The van der Waals surface area contributed by atoms with Gasteiger partial charge >= 0.3 is 0 Å². The van der Waals surface area contributed by atoms with Gasteiger partial charge in [-0.05, 0) is 38.0 Å². The molecule has 0 spiro atoms. The van der Waals surface area contributed by atoms with Gasteiger partial charge in [0.25, 0.3) is 7.37 Å². The van der Waals surface area contributed by atoms with Crippen LogP contribution in [0.3, 0.4) is 0 Å². The van der Waals surface area contributed by atoms with Crippen LogP contribution in [0.4, 0.5) is 0 Å². The Hall–Kier alpha value is -1.01. The molecule has 1 aromatic rings. The average Bonchev–Trinajstić information content (AvgIpc) is 2.81. The Bertz CT molecular complexity index is 564. The topological polar surface area (TPSA) is 26.3 Å². The third-order valence-electron chi connectivity index (χ3n) is 4.80. The molecule has 0 aromatic heterocycles. The monoisotopic (exact) mass is 334 g/mol. The van der Waals surface area contributed by atoms with Crippen molar-refractivity contribution in [2.45, 2.75) is 77.3 Å². The molecule has 128 valence electrons. The van der Waals surface area contributed by atoms with Crippen molar-refractivity contribution in [1.29, 1.82) is 0 Å². The fraction of sp³-hybridized carbons (Fsp3) is 0.600. The van der Waals surface area contributed by atoms with Crippen molar-refractivity contribution in [3.63, 3.8) is 0 Å². The van der Waals surface area contributed by atoms with Crippen LogP contribution in [-0.2, 0) is 9.09 Å². The van der Waals surface area contributed by atoms with E-state index in [1.807, 2.05) is 30.3 Å². The van der Waals surface area contributed by atoms with Gasteiger partial charge in [-0.25, -0.2) is 0 Å². The molecule has 0 aliphatic carbocycles. The van der Waals surface area contributed by atoms with E-state index < -0.39 is 7.37 Å². The standard InChI is InChI=1S/C20H31O2P/c1-4-6-9-13-18-17-20(3,16-12-7-5-2)23(21,22-18)19-14-10-8-11-15-19/h8,10-11,14-15,17H,4-7,9,12-13,16H2,1-3H3. The van der Waals surface area contributed by atoms with Crippen LogP contribution >= 0.6 is 7.37 Å². The summed E-state index contributed by atoms with van der Waals surface area (Å²) < 4.78 is 20.0. The number of hydrogen-bond donors (Lipinski definition) is 0. The van der Waals surface area contributed by atoms with Crippen LogP contribution < -0.4 is 5.30 Å². The van der Waals surface area contributed by atoms with Crippen LogP contribution in [0.2, 0.25) is 0 Å². The van der Waals surface area contributed by atoms with Crippen molar-refractivity contribution in [3.05, 3.63) is 42.2 Å². The van der Waals surface area contributed by atoms with E-state index in [-0.39, 0.29) is 5.16 Å². The van der Waals surface area contributed by atoms with Crippen molar-refractivity contribution in [3.8, 4) is 0 Å². The molecule has 2 atom stereocenters. The molecule has 2 unspecified atom stereocenters. The molecule has 1 heterocycles. The van der Waals surface area contributed by atoms with Crippen LogP contribution in [-0.4, -0.2) is 5.16 Å². The Morgan fingerprint density at radius 2 is 1.65 bits per heavy atom. The molecule has 2 nitrogen and oxygen atoms in total. The van der Waals surface area contributed by atoms with Crippen LogP contribution in [0.1, 0.15) is 72.1 Å². The van der Waals surface area contributed by atoms with E-state index in [2.05, 4.69) is 26.8 Å². The number of unbranched alkanes of at least 4 members (excludes halogenated alkanes) is 4. The molecule has 0 saturated heterocycles. The fourth-order valence-corrected chi connectivity index (χ4v) is 6.03. The Morgan fingerprint density at radius 1 is 1.00 bits per heavy atom. The van der Waals surface area contributed by atoms with Gasteiger partial charge in [0, 0.05) is 11.7 Å². The second-order valence-electron chi connectivity index (χ2n) is 6.86. The Balaban J connectivity index is 2.24. The van der Waals surface area contributed by atoms with Gasteiger partial charge in [-0.1, -0.05) is 64.2 Å². The molecule has 23 heavy (non-hydrogen) atoms. The summed E-state index contributed by atoms with van der Waals surface area (Å²) in [5.74, 6) is 0.949. The first kappa shape index (κ1) is 18.3. The van der Waals surface area contributed by atoms with Gasteiger partial charge in [-0.15, -0.1) is 0 Å². The van der Waals surface area contributed by atoms with Gasteiger partial charge in [-0.3, -0.25) is 4.57 Å². The van der Waals surface area contributed by atoms with Crippen LogP contribution in [0.5, 0.6) is 0 Å². The van der Waals surface area contributed by atoms with Crippen molar-refractivity contribution in [2.24, 2.45) is 0 Å². The zero-order valence-electron chi connectivity index (χ0n) is 14.9. The second-order valence-corrected chi connectivity index (χ2v) is 9.68. The molecule has 1 aliphatic rings. The number of benzene rings is 1. The lowest BCUT2D eigenvalue weighted by Gasteiger charge is -2.29. The first-order valence-corrected chi connectivity index (χ1v) is 10.8. The first-order chi connectivity index (χ1) is 11.1. The average molecular weight is 334 g/mol. The highest BCUT2D eigenvalue weighted by Gasteiger charge is 2.50. The summed E-state index contributed by atoms with van der Waals surface area (Å²) >= 11 is 0. The molecule has 1 aromatic carbocycles. The van der Waals surface area contributed by atoms with E-state index in [0.717, 1.165) is 36.7 Å². The highest BCUT2D eigenvalue weighted by atomic mass is 31.2. The summed E-state index contributed by atoms with van der Waals surface area (Å²) in [6, 6.07) is 9.80. The van der Waals surface area contributed by atoms with Gasteiger partial charge in [-0.2, -0.15) is 0 Å². The molecule has 3 heteroatoms. The van der Waals surface area contributed by atoms with Crippen molar-refractivity contribution in [1.82, 2.24) is 0 Å². The molecule has 0 bridgehead atoms. The maximum absolute atomic E-state index is 13.8. The predicted octanol–water partition coefficient (Wildman–Crippen LogP) is 6.42. The smallest absolute Gasteiger partial charge is 0.286 e. The van der Waals surface area contributed by atoms with Crippen molar-refractivity contribution in [2.75, 3.05) is 0 Å². The van der Waals surface area contributed by atoms with Crippen LogP contribution in [0, 0.1) is 0 Å². The van der Waals surface area contributed by atoms with Crippen LogP contribution in [0.25, 0.3) is 0 Å². The SMILES string of the molecule is CCCCCC1=CC(C)(CCCCC)P(=O)(c2ccccc2)O1. The van der Waals surface area contributed by atoms with E-state index in [9.17, 15) is 4.57 Å². The molecule has 0 saturated carbocycles. The lowest BCUT2D eigenvalue weighted by molar-refractivity contribution is 0.395. The maximum atomic E-state index is 13.8. The van der Waals surface area contributed by atoms with E-state index in [1.54, 1.807) is 0 Å². The normalized spacial score (nSPS) is 26.8. The van der Waals surface area contributed by atoms with Crippen molar-refractivity contribution < 1.29 is 9.09 Å². The lowest BCUT2D eigenvalue weighted by atomic mass is 10.0. The predicted molar refractivity (Wildman–Crippen MR) is 99.5 cm³/mol. The molecule has 0 amide bonds. The zero-order chi connectivity index (χ0) is 16.8. The third-order valence-corrected chi connectivity index (χ3v) is 7.97. The van der Waals surface area contributed by atoms with Crippen LogP contribution in [0.15, 0.2) is 42.2 Å². The molecule has 0 radical (unpaired) electrons. The quantitative estimate of drug-likeness (QED) is 0.384. The Kier molecular flexibility index (Phi) is 6.53. The maximum Gasteiger partial charge on any atom is 0.286 e. The van der Waals surface area contributed by atoms with Gasteiger partial charge in [0.05, 0.1) is 5.16 Å². The minimum atomic E-state index is -2.88. The van der Waals surface area contributed by atoms with Gasteiger partial charge in [0.15, 0.2) is 0 Å². The minimum Gasteiger partial charge on any atom is -0.444 e. The highest BCUT2D eigenvalue weighted by molar-refractivity contribution is 7.69. The summed E-state index contributed by atoms with van der Waals surface area (Å²) in [5, 5.41) is 0.506. The summed E-state index contributed by atoms with van der Waals surface area (Å²) in [7, 11) is -2.88. The highest BCUT2D eigenvalue weighted by Crippen LogP contribution is 2.66. The van der Waals surface area contributed by atoms with Gasteiger partial charge < -0.3 is 4.52 Å². The van der Waals surface area contributed by atoms with Gasteiger partial charge in [0.1, 0.15) is 5.76 Å². The van der Waals surface area contributed by atoms with E-state index in [1.165, 1.54) is 25.7 Å². The van der Waals surface area contributed by atoms with E-state index >= 15 is 0 Å². The molecular formula is C20H31O2P. The van der Waals surface area contributed by atoms with Crippen molar-refractivity contribution >= 4 is 12.7 Å². The lowest BCUT2D eigenvalue weighted by Crippen LogP contribution is -2.25. The Labute approximate surface area is 141 Å². The minimum absolute atomic E-state index is 0.356. The summed E-state index contributed by atoms with van der Waals surface area (Å²) in [6.07, 6.45) is 11.0. The van der Waals surface area contributed by atoms with E-state index in [0.29, 0.717) is 0 Å². The summed E-state index contributed by atoms with van der Waals surface area (Å²) in [6.45, 7) is 6.53. The second kappa shape index (κ2) is 8.20. The number of hydrogen-bond acceptors (Lipinski definition) is 2. The third kappa shape index (κ3) is 4.10. The molecule has 0 N–H and O–H groups in total. The molecule has 1 aliphatic heterocycles. The summed E-state index contributed by atoms with van der Waals surface area (Å²) in [5.41, 5.74) is 0. The molecule has 2 rings (SSSR count). The summed E-state index contributed by atoms with van der Waals surface area (Å²) in [4.78, 5) is 0. The number of allylic oxidation sites excluding steroid dienone is 2. The molecular weight excluding hydrogens is 303 g/mol. The first-order valence-electron chi connectivity index (χ1n) is 9.13. The van der Waals surface area contributed by atoms with Gasteiger partial charge in [0.2, 0.25) is 0 Å².